The first kappa shape index (κ1) is 38.1. The number of benzene rings is 2. The van der Waals surface area contributed by atoms with Gasteiger partial charge < -0.3 is 34.7 Å². The van der Waals surface area contributed by atoms with Crippen LogP contribution in [0.5, 0.6) is 11.6 Å². The molecule has 1 aliphatic heterocycles. The van der Waals surface area contributed by atoms with Crippen molar-refractivity contribution < 1.29 is 42.8 Å². The van der Waals surface area contributed by atoms with Gasteiger partial charge in [-0.25, -0.2) is 9.55 Å². The maximum Gasteiger partial charge on any atom is 0.459 e. The third-order valence-corrected chi connectivity index (χ3v) is 10.7. The molecular weight excluding hydrogens is 782 g/mol. The number of ether oxygens (including phenoxy) is 3. The second kappa shape index (κ2) is 14.9. The summed E-state index contributed by atoms with van der Waals surface area (Å²) in [6, 6.07) is 11.6. The van der Waals surface area contributed by atoms with Crippen molar-refractivity contribution in [3.8, 4) is 11.6 Å². The van der Waals surface area contributed by atoms with E-state index >= 15 is 0 Å². The summed E-state index contributed by atoms with van der Waals surface area (Å²) in [5.74, 6) is -0.681. The van der Waals surface area contributed by atoms with E-state index in [4.69, 9.17) is 29.0 Å². The number of nitrogens with two attached hydrogens (primary N) is 1. The summed E-state index contributed by atoms with van der Waals surface area (Å²) in [7, 11) is -3.04. The number of aliphatic hydroxyl groups is 2. The molecule has 7 atom stereocenters. The van der Waals surface area contributed by atoms with E-state index in [-0.39, 0.29) is 46.7 Å². The second-order valence-corrected chi connectivity index (χ2v) is 16.4. The molecular formula is C33H44IN6O9P. The Labute approximate surface area is 303 Å². The van der Waals surface area contributed by atoms with Crippen LogP contribution in [0.2, 0.25) is 0 Å². The summed E-state index contributed by atoms with van der Waals surface area (Å²) in [4.78, 5) is 26.3. The van der Waals surface area contributed by atoms with E-state index in [1.807, 2.05) is 87.5 Å². The lowest BCUT2D eigenvalue weighted by molar-refractivity contribution is -0.150. The van der Waals surface area contributed by atoms with Crippen LogP contribution < -0.4 is 20.1 Å². The summed E-state index contributed by atoms with van der Waals surface area (Å²) in [6.45, 7) is 10.5. The molecule has 17 heteroatoms. The summed E-state index contributed by atoms with van der Waals surface area (Å²) in [5, 5.41) is 27.3. The van der Waals surface area contributed by atoms with Gasteiger partial charge in [0.05, 0.1) is 20.3 Å². The Morgan fingerprint density at radius 1 is 1.20 bits per heavy atom. The number of methoxy groups -OCH3 is 1. The Kier molecular flexibility index (Phi) is 11.3. The number of aliphatic hydroxyl groups excluding tert-OH is 1. The average molecular weight is 827 g/mol. The molecule has 272 valence electrons. The number of imidazole rings is 1. The number of halogens is 1. The molecule has 2 unspecified atom stereocenters. The molecule has 0 radical (unpaired) electrons. The number of esters is 1. The molecule has 1 fully saturated rings. The van der Waals surface area contributed by atoms with Gasteiger partial charge in [0, 0.05) is 28.0 Å². The van der Waals surface area contributed by atoms with Crippen molar-refractivity contribution in [3.05, 3.63) is 46.3 Å². The predicted octanol–water partition coefficient (Wildman–Crippen LogP) is 4.98. The fraction of sp³-hybridized carbons (Fsp3) is 0.515. The van der Waals surface area contributed by atoms with E-state index < -0.39 is 50.4 Å². The number of nitrogens with one attached hydrogen (secondary N) is 1. The third-order valence-electron chi connectivity index (χ3n) is 8.45. The number of hydrogen-bond donors (Lipinski definition) is 4. The topological polar surface area (TPSA) is 202 Å². The number of hydrogen-bond acceptors (Lipinski definition) is 13. The van der Waals surface area contributed by atoms with Gasteiger partial charge in [-0.3, -0.25) is 13.9 Å². The molecule has 1 aliphatic rings. The van der Waals surface area contributed by atoms with Crippen LogP contribution in [0, 0.1) is 15.2 Å². The number of nitrogens with zero attached hydrogens (tertiary/aromatic N) is 4. The number of carbonyl (C=O) groups is 1. The molecule has 2 aromatic carbocycles. The molecule has 50 heavy (non-hydrogen) atoms. The van der Waals surface area contributed by atoms with Crippen molar-refractivity contribution in [1.29, 1.82) is 0 Å². The zero-order valence-electron chi connectivity index (χ0n) is 29.0. The number of carbonyl (C=O) groups excluding carboxylic acids is 1. The Hall–Kier alpha value is -3.12. The Balaban J connectivity index is 1.47. The van der Waals surface area contributed by atoms with Gasteiger partial charge in [-0.05, 0) is 29.7 Å². The smallest absolute Gasteiger partial charge is 0.459 e. The first-order chi connectivity index (χ1) is 23.5. The van der Waals surface area contributed by atoms with Gasteiger partial charge in [0.1, 0.15) is 29.6 Å². The van der Waals surface area contributed by atoms with Gasteiger partial charge in [0.2, 0.25) is 11.8 Å². The molecule has 4 aromatic rings. The summed E-state index contributed by atoms with van der Waals surface area (Å²) < 4.78 is 45.9. The quantitative estimate of drug-likeness (QED) is 0.0608. The summed E-state index contributed by atoms with van der Waals surface area (Å²) >= 11 is 1.94. The van der Waals surface area contributed by atoms with Crippen LogP contribution in [0.3, 0.4) is 0 Å². The van der Waals surface area contributed by atoms with Crippen molar-refractivity contribution in [3.63, 3.8) is 0 Å². The highest BCUT2D eigenvalue weighted by Gasteiger charge is 2.55. The minimum Gasteiger partial charge on any atom is -0.479 e. The minimum absolute atomic E-state index is 0.0977. The third kappa shape index (κ3) is 8.01. The Bertz CT molecular complexity index is 1900. The molecule has 0 spiro atoms. The largest absolute Gasteiger partial charge is 0.479 e. The van der Waals surface area contributed by atoms with Crippen LogP contribution in [0.25, 0.3) is 21.9 Å². The fourth-order valence-electron chi connectivity index (χ4n) is 5.50. The van der Waals surface area contributed by atoms with E-state index in [9.17, 15) is 19.6 Å². The maximum atomic E-state index is 14.8. The van der Waals surface area contributed by atoms with Gasteiger partial charge in [0.15, 0.2) is 21.2 Å². The van der Waals surface area contributed by atoms with E-state index in [2.05, 4.69) is 20.0 Å². The first-order valence-electron chi connectivity index (χ1n) is 16.1. The number of aromatic nitrogens is 4. The zero-order valence-corrected chi connectivity index (χ0v) is 32.0. The number of rotatable bonds is 13. The van der Waals surface area contributed by atoms with Gasteiger partial charge in [-0.2, -0.15) is 15.1 Å². The molecule has 0 aliphatic carbocycles. The molecule has 1 saturated heterocycles. The van der Waals surface area contributed by atoms with E-state index in [0.717, 1.165) is 5.39 Å². The molecule has 15 nitrogen and oxygen atoms in total. The van der Waals surface area contributed by atoms with Crippen LogP contribution in [-0.4, -0.2) is 79.9 Å². The van der Waals surface area contributed by atoms with Crippen molar-refractivity contribution >= 4 is 64.2 Å². The van der Waals surface area contributed by atoms with Crippen LogP contribution in [-0.2, 0) is 23.4 Å². The highest BCUT2D eigenvalue weighted by Crippen LogP contribution is 2.49. The van der Waals surface area contributed by atoms with E-state index in [0.29, 0.717) is 15.6 Å². The van der Waals surface area contributed by atoms with Gasteiger partial charge in [-0.15, -0.1) is 0 Å². The number of fused-ring (bicyclic) bond motifs is 2. The van der Waals surface area contributed by atoms with Crippen molar-refractivity contribution in [2.45, 2.75) is 78.0 Å². The molecule has 5 N–H and O–H groups in total. The zero-order chi connectivity index (χ0) is 36.6. The van der Waals surface area contributed by atoms with Crippen LogP contribution in [0.4, 0.5) is 5.95 Å². The van der Waals surface area contributed by atoms with Crippen LogP contribution in [0.1, 0.15) is 54.2 Å². The lowest BCUT2D eigenvalue weighted by atomic mass is 9.96. The molecule has 0 saturated carbocycles. The van der Waals surface area contributed by atoms with E-state index in [1.54, 1.807) is 12.1 Å². The molecule has 0 amide bonds. The average Bonchev–Trinajstić information content (AvgIpc) is 3.50. The Morgan fingerprint density at radius 3 is 2.58 bits per heavy atom. The van der Waals surface area contributed by atoms with Crippen LogP contribution >= 0.6 is 30.3 Å². The number of anilines is 1. The van der Waals surface area contributed by atoms with Gasteiger partial charge >= 0.3 is 13.7 Å². The molecule has 0 bridgehead atoms. The molecule has 3 heterocycles. The maximum absolute atomic E-state index is 14.8. The second-order valence-electron chi connectivity index (χ2n) is 13.7. The Morgan fingerprint density at radius 2 is 1.90 bits per heavy atom. The fourth-order valence-corrected chi connectivity index (χ4v) is 7.87. The van der Waals surface area contributed by atoms with Gasteiger partial charge in [-0.1, -0.05) is 77.4 Å². The van der Waals surface area contributed by atoms with E-state index in [1.165, 1.54) is 18.6 Å². The SMILES string of the molecule is CC[C@@H](C)[C@H](NP(=O)(OC[C@H]1O[C@@H](n2c(I)nc3c(OC)nc(N)nc32)[C@](C)(O)C1O)Oc1cccc2ccccc12)C(=O)OCC(C)(C)C. The molecule has 5 rings (SSSR count). The monoisotopic (exact) mass is 826 g/mol. The molecule has 2 aromatic heterocycles. The lowest BCUT2D eigenvalue weighted by Gasteiger charge is -2.30. The first-order valence-corrected chi connectivity index (χ1v) is 18.8. The van der Waals surface area contributed by atoms with Crippen molar-refractivity contribution in [1.82, 2.24) is 24.6 Å². The lowest BCUT2D eigenvalue weighted by Crippen LogP contribution is -2.45. The number of nitrogen functional groups attached to an aromatic ring is 1. The summed E-state index contributed by atoms with van der Waals surface area (Å²) in [5.41, 5.74) is 4.17. The minimum atomic E-state index is -4.45. The van der Waals surface area contributed by atoms with Crippen LogP contribution in [0.15, 0.2) is 42.5 Å². The predicted molar refractivity (Wildman–Crippen MR) is 194 cm³/mol. The normalized spacial score (nSPS) is 23.4. The van der Waals surface area contributed by atoms with Crippen molar-refractivity contribution in [2.24, 2.45) is 11.3 Å². The van der Waals surface area contributed by atoms with Gasteiger partial charge in [0.25, 0.3) is 0 Å². The van der Waals surface area contributed by atoms with Crippen molar-refractivity contribution in [2.75, 3.05) is 26.1 Å². The standard InChI is InChI=1S/C33H44IN6O9P/c1-8-18(2)23(28(42)46-17-32(3,4)5)39-50(44,49-21-15-11-13-19-12-9-10-14-20(19)21)47-16-22-25(41)33(6,43)29(48-22)40-26-24(36-30(40)34)27(45-7)38-31(35)37-26/h9-15,18,22-23,25,29,41,43H,8,16-17H2,1-7H3,(H,39,44)(H2,35,37,38)/t18-,22-,23+,25?,29-,33-,50?/m1/s1. The highest BCUT2D eigenvalue weighted by molar-refractivity contribution is 14.1. The highest BCUT2D eigenvalue weighted by atomic mass is 127. The summed E-state index contributed by atoms with van der Waals surface area (Å²) in [6.07, 6.45) is -3.48.